The van der Waals surface area contributed by atoms with Crippen LogP contribution in [0.4, 0.5) is 0 Å². The van der Waals surface area contributed by atoms with Gasteiger partial charge in [-0.3, -0.25) is 4.79 Å². The number of hydrogen-bond acceptors (Lipinski definition) is 9. The molecule has 160 valence electrons. The number of hydrogen-bond donors (Lipinski definition) is 1. The van der Waals surface area contributed by atoms with Crippen LogP contribution in [0.3, 0.4) is 0 Å². The molecule has 10 heteroatoms. The van der Waals surface area contributed by atoms with Gasteiger partial charge in [-0.25, -0.2) is 9.59 Å². The van der Waals surface area contributed by atoms with E-state index in [9.17, 15) is 24.5 Å². The second-order valence-electron chi connectivity index (χ2n) is 5.98. The summed E-state index contributed by atoms with van der Waals surface area (Å²) in [5.41, 5.74) is -2.99. The van der Waals surface area contributed by atoms with E-state index in [2.05, 4.69) is 0 Å². The molecular weight excluding hydrogens is 413 g/mol. The molecular formula is C20H22NO8P. The van der Waals surface area contributed by atoms with Crippen LogP contribution in [0.15, 0.2) is 35.9 Å². The summed E-state index contributed by atoms with van der Waals surface area (Å²) in [6.45, 7) is 2.89. The zero-order chi connectivity index (χ0) is 22.5. The fourth-order valence-corrected chi connectivity index (χ4v) is 4.62. The highest BCUT2D eigenvalue weighted by Gasteiger charge is 2.63. The first-order valence-electron chi connectivity index (χ1n) is 9.00. The maximum absolute atomic E-state index is 13.5. The van der Waals surface area contributed by atoms with Gasteiger partial charge in [-0.15, -0.1) is 0 Å². The van der Waals surface area contributed by atoms with E-state index < -0.39 is 41.6 Å². The Kier molecular flexibility index (Phi) is 7.34. The lowest BCUT2D eigenvalue weighted by atomic mass is 9.78. The molecule has 1 aromatic rings. The molecule has 0 saturated heterocycles. The van der Waals surface area contributed by atoms with Gasteiger partial charge >= 0.3 is 11.9 Å². The average molecular weight is 435 g/mol. The molecule has 1 aromatic carbocycles. The molecule has 0 fully saturated rings. The van der Waals surface area contributed by atoms with Crippen molar-refractivity contribution in [3.63, 3.8) is 0 Å². The zero-order valence-electron chi connectivity index (χ0n) is 17.0. The quantitative estimate of drug-likeness (QED) is 0.387. The van der Waals surface area contributed by atoms with Crippen LogP contribution in [-0.2, 0) is 32.9 Å². The average Bonchev–Trinajstić information content (AvgIpc) is 3.04. The van der Waals surface area contributed by atoms with Crippen molar-refractivity contribution in [2.24, 2.45) is 5.41 Å². The fourth-order valence-electron chi connectivity index (χ4n) is 3.19. The van der Waals surface area contributed by atoms with Crippen molar-refractivity contribution in [3.05, 3.63) is 41.5 Å². The molecule has 30 heavy (non-hydrogen) atoms. The van der Waals surface area contributed by atoms with Gasteiger partial charge in [-0.2, -0.15) is 5.26 Å². The fraction of sp³-hybridized carbons (Fsp3) is 0.350. The number of nitriles is 1. The van der Waals surface area contributed by atoms with Crippen LogP contribution in [0, 0.1) is 16.7 Å². The Morgan fingerprint density at radius 1 is 1.10 bits per heavy atom. The first kappa shape index (κ1) is 23.5. The number of benzene rings is 1. The topological polar surface area (TPSA) is 132 Å². The van der Waals surface area contributed by atoms with E-state index in [1.54, 1.807) is 31.2 Å². The monoisotopic (exact) mass is 435 g/mol. The van der Waals surface area contributed by atoms with Gasteiger partial charge in [0.15, 0.2) is 0 Å². The second kappa shape index (κ2) is 9.37. The number of rotatable bonds is 7. The minimum absolute atomic E-state index is 0.0539. The summed E-state index contributed by atoms with van der Waals surface area (Å²) < 4.78 is 20.2. The second-order valence-corrected chi connectivity index (χ2v) is 8.20. The van der Waals surface area contributed by atoms with Crippen molar-refractivity contribution in [2.45, 2.75) is 13.8 Å². The maximum atomic E-state index is 13.5. The molecule has 0 bridgehead atoms. The van der Waals surface area contributed by atoms with Crippen molar-refractivity contribution < 1.29 is 37.8 Å². The van der Waals surface area contributed by atoms with Gasteiger partial charge in [0.2, 0.25) is 11.2 Å². The number of ether oxygens (including phenoxy) is 2. The van der Waals surface area contributed by atoms with Crippen molar-refractivity contribution in [1.29, 1.82) is 5.26 Å². The van der Waals surface area contributed by atoms with E-state index in [1.165, 1.54) is 19.1 Å². The van der Waals surface area contributed by atoms with E-state index in [0.29, 0.717) is 0 Å². The van der Waals surface area contributed by atoms with E-state index in [-0.39, 0.29) is 24.4 Å². The first-order valence-corrected chi connectivity index (χ1v) is 10.6. The Labute approximate surface area is 174 Å². The molecule has 0 aromatic heterocycles. The molecule has 1 N–H and O–H groups in total. The third kappa shape index (κ3) is 3.59. The standard InChI is InChI=1S/C20H22NO8P/c1-5-28-18(23)14-15(13-10-8-7-9-11-13)20(12-21,19(24)29-6-2)17(22)16(14)30(25,26-3)27-4/h7-11,25H,5-6H2,1-4H3. The number of ketones is 1. The minimum Gasteiger partial charge on any atom is -0.464 e. The highest BCUT2D eigenvalue weighted by Crippen LogP contribution is 2.55. The van der Waals surface area contributed by atoms with Gasteiger partial charge in [0.1, 0.15) is 5.29 Å². The molecule has 1 unspecified atom stereocenters. The normalized spacial score (nSPS) is 18.9. The summed E-state index contributed by atoms with van der Waals surface area (Å²) in [6.07, 6.45) is 0. The summed E-state index contributed by atoms with van der Waals surface area (Å²) in [5, 5.41) is 9.44. The van der Waals surface area contributed by atoms with E-state index in [4.69, 9.17) is 18.5 Å². The lowest BCUT2D eigenvalue weighted by molar-refractivity contribution is -0.151. The van der Waals surface area contributed by atoms with Crippen LogP contribution in [0.25, 0.3) is 5.57 Å². The van der Waals surface area contributed by atoms with Crippen LogP contribution < -0.4 is 0 Å². The van der Waals surface area contributed by atoms with Crippen LogP contribution in [0.2, 0.25) is 0 Å². The van der Waals surface area contributed by atoms with Gasteiger partial charge in [-0.05, 0) is 19.4 Å². The summed E-state index contributed by atoms with van der Waals surface area (Å²) in [6, 6.07) is 9.66. The van der Waals surface area contributed by atoms with Gasteiger partial charge in [0.05, 0.1) is 24.9 Å². The van der Waals surface area contributed by atoms with Gasteiger partial charge in [-0.1, -0.05) is 30.3 Å². The summed E-state index contributed by atoms with van der Waals surface area (Å²) in [7, 11) is -1.96. The molecule has 0 amide bonds. The Bertz CT molecular complexity index is 984. The number of carbonyl (C=O) groups is 3. The number of nitrogens with zero attached hydrogens (tertiary/aromatic N) is 1. The van der Waals surface area contributed by atoms with Crippen LogP contribution in [0.1, 0.15) is 19.4 Å². The smallest absolute Gasteiger partial charge is 0.339 e. The van der Waals surface area contributed by atoms with Crippen molar-refractivity contribution >= 4 is 36.2 Å². The lowest BCUT2D eigenvalue weighted by Gasteiger charge is -2.22. The minimum atomic E-state index is -4.13. The van der Waals surface area contributed by atoms with Crippen LogP contribution >= 0.6 is 7.57 Å². The van der Waals surface area contributed by atoms with Crippen molar-refractivity contribution in [2.75, 3.05) is 27.4 Å². The van der Waals surface area contributed by atoms with Gasteiger partial charge in [0.25, 0.3) is 7.57 Å². The molecule has 1 aliphatic rings. The predicted octanol–water partition coefficient (Wildman–Crippen LogP) is 1.88. The Morgan fingerprint density at radius 2 is 1.67 bits per heavy atom. The molecule has 2 rings (SSSR count). The Morgan fingerprint density at radius 3 is 2.13 bits per heavy atom. The van der Waals surface area contributed by atoms with E-state index in [0.717, 1.165) is 14.2 Å². The van der Waals surface area contributed by atoms with Crippen molar-refractivity contribution in [3.8, 4) is 6.07 Å². The summed E-state index contributed by atoms with van der Waals surface area (Å²) >= 11 is 0. The van der Waals surface area contributed by atoms with Crippen molar-refractivity contribution in [1.82, 2.24) is 0 Å². The van der Waals surface area contributed by atoms with Crippen LogP contribution in [-0.4, -0.2) is 55.3 Å². The predicted molar refractivity (Wildman–Crippen MR) is 108 cm³/mol. The highest BCUT2D eigenvalue weighted by atomic mass is 31.2. The summed E-state index contributed by atoms with van der Waals surface area (Å²) in [5.74, 6) is -3.33. The molecule has 0 aliphatic heterocycles. The van der Waals surface area contributed by atoms with Gasteiger partial charge in [0, 0.05) is 19.8 Å². The lowest BCUT2D eigenvalue weighted by Crippen LogP contribution is -2.40. The SMILES string of the molecule is CCOC(=O)C1=C(c2ccccc2)C(C#N)(C(=O)OCC)C(=O)C1=P(O)(OC)OC. The molecule has 0 spiro atoms. The zero-order valence-corrected chi connectivity index (χ0v) is 17.9. The molecule has 0 radical (unpaired) electrons. The summed E-state index contributed by atoms with van der Waals surface area (Å²) in [4.78, 5) is 50.3. The molecule has 0 heterocycles. The first-order chi connectivity index (χ1) is 14.3. The van der Waals surface area contributed by atoms with E-state index in [1.807, 2.05) is 0 Å². The van der Waals surface area contributed by atoms with E-state index >= 15 is 0 Å². The largest absolute Gasteiger partial charge is 0.464 e. The molecule has 9 nitrogen and oxygen atoms in total. The molecule has 0 saturated carbocycles. The molecule has 1 aliphatic carbocycles. The Hall–Kier alpha value is -2.76. The van der Waals surface area contributed by atoms with Gasteiger partial charge < -0.3 is 23.4 Å². The maximum Gasteiger partial charge on any atom is 0.339 e. The Balaban J connectivity index is 3.13. The highest BCUT2D eigenvalue weighted by molar-refractivity contribution is 7.65. The number of carbonyl (C=O) groups excluding carboxylic acids is 3. The number of Topliss-reactive ketones (excluding diaryl/α,β-unsaturated/α-hetero) is 1. The third-order valence-corrected chi connectivity index (χ3v) is 6.47. The van der Waals surface area contributed by atoms with Crippen LogP contribution in [0.5, 0.6) is 0 Å². The third-order valence-electron chi connectivity index (χ3n) is 4.49. The molecule has 1 atom stereocenters. The number of esters is 2.